The van der Waals surface area contributed by atoms with E-state index < -0.39 is 0 Å². The Labute approximate surface area is 119 Å². The van der Waals surface area contributed by atoms with E-state index in [1.807, 2.05) is 19.1 Å². The summed E-state index contributed by atoms with van der Waals surface area (Å²) < 4.78 is 0.816. The fourth-order valence-electron chi connectivity index (χ4n) is 1.40. The van der Waals surface area contributed by atoms with Crippen molar-refractivity contribution in [3.63, 3.8) is 0 Å². The number of nitrogens with two attached hydrogens (primary N) is 1. The first-order valence-electron chi connectivity index (χ1n) is 5.61. The minimum atomic E-state index is 0.0163. The molecule has 0 unspecified atom stereocenters. The summed E-state index contributed by atoms with van der Waals surface area (Å²) in [4.78, 5) is 13.7. The highest BCUT2D eigenvalue weighted by Crippen LogP contribution is 2.23. The second kappa shape index (κ2) is 6.03. The van der Waals surface area contributed by atoms with Crippen molar-refractivity contribution in [2.45, 2.75) is 11.3 Å². The van der Waals surface area contributed by atoms with Crippen molar-refractivity contribution >= 4 is 40.4 Å². The Morgan fingerprint density at radius 3 is 2.63 bits per heavy atom. The number of aromatic nitrogens is 2. The van der Waals surface area contributed by atoms with Crippen LogP contribution in [0.1, 0.15) is 5.01 Å². The maximum absolute atomic E-state index is 12.0. The van der Waals surface area contributed by atoms with Crippen LogP contribution in [0.2, 0.25) is 0 Å². The summed E-state index contributed by atoms with van der Waals surface area (Å²) in [6.45, 7) is 1.89. The molecule has 0 saturated heterocycles. The highest BCUT2D eigenvalue weighted by Gasteiger charge is 2.12. The van der Waals surface area contributed by atoms with Crippen LogP contribution >= 0.6 is 23.1 Å². The number of nitrogens with zero attached hydrogens (tertiary/aromatic N) is 3. The molecule has 100 valence electrons. The predicted octanol–water partition coefficient (Wildman–Crippen LogP) is 2.18. The molecule has 2 aromatic rings. The molecule has 2 rings (SSSR count). The maximum Gasteiger partial charge on any atom is 0.237 e. The van der Waals surface area contributed by atoms with Crippen LogP contribution in [-0.4, -0.2) is 28.9 Å². The Kier molecular flexibility index (Phi) is 4.39. The molecule has 0 aliphatic carbocycles. The predicted molar refractivity (Wildman–Crippen MR) is 79.6 cm³/mol. The molecule has 1 aromatic carbocycles. The quantitative estimate of drug-likeness (QED) is 0.691. The third-order valence-corrected chi connectivity index (χ3v) is 4.44. The Morgan fingerprint density at radius 2 is 2.05 bits per heavy atom. The fourth-order valence-corrected chi connectivity index (χ4v) is 3.13. The van der Waals surface area contributed by atoms with E-state index in [1.54, 1.807) is 24.1 Å². The van der Waals surface area contributed by atoms with Gasteiger partial charge in [0.05, 0.1) is 5.75 Å². The van der Waals surface area contributed by atoms with Crippen molar-refractivity contribution in [1.82, 2.24) is 10.2 Å². The zero-order valence-electron chi connectivity index (χ0n) is 10.7. The van der Waals surface area contributed by atoms with Gasteiger partial charge in [-0.15, -0.1) is 10.2 Å². The van der Waals surface area contributed by atoms with Gasteiger partial charge in [0.15, 0.2) is 4.34 Å². The number of carbonyl (C=O) groups excluding carboxylic acids is 1. The number of rotatable bonds is 4. The van der Waals surface area contributed by atoms with Crippen LogP contribution in [0.15, 0.2) is 28.6 Å². The number of aryl methyl sites for hydroxylation is 1. The lowest BCUT2D eigenvalue weighted by Crippen LogP contribution is -2.27. The molecule has 1 aromatic heterocycles. The first kappa shape index (κ1) is 13.8. The molecule has 1 amide bonds. The van der Waals surface area contributed by atoms with E-state index in [4.69, 9.17) is 5.73 Å². The van der Waals surface area contributed by atoms with Gasteiger partial charge in [-0.3, -0.25) is 4.79 Å². The van der Waals surface area contributed by atoms with Crippen LogP contribution < -0.4 is 10.6 Å². The normalized spacial score (nSPS) is 10.4. The van der Waals surface area contributed by atoms with Crippen molar-refractivity contribution in [3.05, 3.63) is 29.3 Å². The molecule has 0 radical (unpaired) electrons. The number of hydrogen-bond donors (Lipinski definition) is 1. The Bertz CT molecular complexity index is 567. The molecule has 1 heterocycles. The van der Waals surface area contributed by atoms with Crippen molar-refractivity contribution in [2.24, 2.45) is 0 Å². The van der Waals surface area contributed by atoms with Gasteiger partial charge in [-0.05, 0) is 31.2 Å². The van der Waals surface area contributed by atoms with E-state index in [2.05, 4.69) is 10.2 Å². The molecular weight excluding hydrogens is 280 g/mol. The molecule has 2 N–H and O–H groups in total. The Balaban J connectivity index is 1.94. The third-order valence-electron chi connectivity index (χ3n) is 2.48. The van der Waals surface area contributed by atoms with Crippen LogP contribution in [0.5, 0.6) is 0 Å². The van der Waals surface area contributed by atoms with Gasteiger partial charge in [0.25, 0.3) is 0 Å². The lowest BCUT2D eigenvalue weighted by molar-refractivity contribution is -0.115. The first-order chi connectivity index (χ1) is 9.06. The molecule has 0 bridgehead atoms. The van der Waals surface area contributed by atoms with Gasteiger partial charge in [-0.2, -0.15) is 0 Å². The summed E-state index contributed by atoms with van der Waals surface area (Å²) >= 11 is 2.90. The zero-order valence-corrected chi connectivity index (χ0v) is 12.3. The third kappa shape index (κ3) is 3.68. The van der Waals surface area contributed by atoms with Crippen molar-refractivity contribution in [3.8, 4) is 0 Å². The van der Waals surface area contributed by atoms with Crippen LogP contribution in [0.3, 0.4) is 0 Å². The number of benzene rings is 1. The molecule has 0 aliphatic rings. The number of thioether (sulfide) groups is 1. The molecular formula is C12H14N4OS2. The van der Waals surface area contributed by atoms with Gasteiger partial charge in [-0.25, -0.2) is 0 Å². The average molecular weight is 294 g/mol. The van der Waals surface area contributed by atoms with Gasteiger partial charge in [0.2, 0.25) is 5.91 Å². The van der Waals surface area contributed by atoms with Crippen LogP contribution in [0.4, 0.5) is 11.4 Å². The monoisotopic (exact) mass is 294 g/mol. The second-order valence-corrected chi connectivity index (χ2v) is 6.32. The molecule has 19 heavy (non-hydrogen) atoms. The molecule has 0 aliphatic heterocycles. The van der Waals surface area contributed by atoms with E-state index in [-0.39, 0.29) is 5.91 Å². The lowest BCUT2D eigenvalue weighted by Gasteiger charge is -2.16. The molecule has 0 saturated carbocycles. The van der Waals surface area contributed by atoms with E-state index in [0.717, 1.165) is 15.0 Å². The van der Waals surface area contributed by atoms with Gasteiger partial charge in [0, 0.05) is 18.4 Å². The van der Waals surface area contributed by atoms with Crippen LogP contribution in [-0.2, 0) is 4.79 Å². The van der Waals surface area contributed by atoms with Crippen molar-refractivity contribution < 1.29 is 4.79 Å². The number of anilines is 2. The minimum Gasteiger partial charge on any atom is -0.399 e. The smallest absolute Gasteiger partial charge is 0.237 e. The summed E-state index contributed by atoms with van der Waals surface area (Å²) in [6, 6.07) is 7.21. The number of hydrogen-bond acceptors (Lipinski definition) is 6. The molecule has 0 atom stereocenters. The van der Waals surface area contributed by atoms with Gasteiger partial charge >= 0.3 is 0 Å². The van der Waals surface area contributed by atoms with E-state index in [9.17, 15) is 4.79 Å². The summed E-state index contributed by atoms with van der Waals surface area (Å²) in [6.07, 6.45) is 0. The summed E-state index contributed by atoms with van der Waals surface area (Å²) in [5.41, 5.74) is 7.13. The average Bonchev–Trinajstić information content (AvgIpc) is 2.82. The fraction of sp³-hybridized carbons (Fsp3) is 0.250. The summed E-state index contributed by atoms with van der Waals surface area (Å²) in [5.74, 6) is 0.359. The van der Waals surface area contributed by atoms with Crippen molar-refractivity contribution in [1.29, 1.82) is 0 Å². The van der Waals surface area contributed by atoms with E-state index >= 15 is 0 Å². The number of amides is 1. The van der Waals surface area contributed by atoms with E-state index in [0.29, 0.717) is 11.4 Å². The highest BCUT2D eigenvalue weighted by molar-refractivity contribution is 8.01. The topological polar surface area (TPSA) is 72.1 Å². The number of nitrogen functional groups attached to an aromatic ring is 1. The van der Waals surface area contributed by atoms with Crippen LogP contribution in [0, 0.1) is 6.92 Å². The van der Waals surface area contributed by atoms with Gasteiger partial charge < -0.3 is 10.6 Å². The van der Waals surface area contributed by atoms with Gasteiger partial charge in [0.1, 0.15) is 5.01 Å². The highest BCUT2D eigenvalue weighted by atomic mass is 32.2. The molecule has 0 fully saturated rings. The largest absolute Gasteiger partial charge is 0.399 e. The maximum atomic E-state index is 12.0. The van der Waals surface area contributed by atoms with Crippen molar-refractivity contribution in [2.75, 3.05) is 23.4 Å². The standard InChI is InChI=1S/C12H14N4OS2/c1-8-14-15-12(19-8)18-7-11(17)16(2)10-5-3-9(13)4-6-10/h3-6H,7,13H2,1-2H3. The van der Waals surface area contributed by atoms with Gasteiger partial charge in [-0.1, -0.05) is 23.1 Å². The lowest BCUT2D eigenvalue weighted by atomic mass is 10.2. The SMILES string of the molecule is Cc1nnc(SCC(=O)N(C)c2ccc(N)cc2)s1. The molecule has 5 nitrogen and oxygen atoms in total. The molecule has 0 spiro atoms. The summed E-state index contributed by atoms with van der Waals surface area (Å²) in [5, 5.41) is 8.80. The number of carbonyl (C=O) groups is 1. The minimum absolute atomic E-state index is 0.0163. The second-order valence-electron chi connectivity index (χ2n) is 3.92. The van der Waals surface area contributed by atoms with E-state index in [1.165, 1.54) is 23.1 Å². The molecule has 7 heteroatoms. The summed E-state index contributed by atoms with van der Waals surface area (Å²) in [7, 11) is 1.75. The zero-order chi connectivity index (χ0) is 13.8. The Morgan fingerprint density at radius 1 is 1.37 bits per heavy atom. The first-order valence-corrected chi connectivity index (χ1v) is 7.41. The Hall–Kier alpha value is -1.60. The van der Waals surface area contributed by atoms with Crippen LogP contribution in [0.25, 0.3) is 0 Å².